The molecule has 0 saturated heterocycles. The molecule has 24 heavy (non-hydrogen) atoms. The Hall–Kier alpha value is -2.05. The maximum Gasteiger partial charge on any atom is 0.317 e. The van der Waals surface area contributed by atoms with Crippen LogP contribution in [0.4, 0.5) is 4.79 Å². The summed E-state index contributed by atoms with van der Waals surface area (Å²) in [6.45, 7) is 2.47. The van der Waals surface area contributed by atoms with E-state index >= 15 is 0 Å². The summed E-state index contributed by atoms with van der Waals surface area (Å²) in [5, 5.41) is 6.13. The lowest BCUT2D eigenvalue weighted by atomic mass is 9.90. The summed E-state index contributed by atoms with van der Waals surface area (Å²) < 4.78 is 2.15. The molecular weight excluding hydrogens is 306 g/mol. The molecule has 3 amide bonds. The van der Waals surface area contributed by atoms with E-state index in [0.717, 1.165) is 50.9 Å². The number of aryl methyl sites for hydroxylation is 1. The average Bonchev–Trinajstić information content (AvgIpc) is 3.02. The monoisotopic (exact) mass is 333 g/mol. The third-order valence-corrected chi connectivity index (χ3v) is 5.25. The first-order chi connectivity index (χ1) is 11.5. The van der Waals surface area contributed by atoms with E-state index in [1.54, 1.807) is 6.92 Å². The number of imidazole rings is 1. The average molecular weight is 333 g/mol. The summed E-state index contributed by atoms with van der Waals surface area (Å²) in [7, 11) is 1.88. The van der Waals surface area contributed by atoms with Gasteiger partial charge < -0.3 is 20.1 Å². The highest BCUT2D eigenvalue weighted by Crippen LogP contribution is 2.23. The lowest BCUT2D eigenvalue weighted by molar-refractivity contribution is -0.119. The molecule has 1 aliphatic carbocycles. The van der Waals surface area contributed by atoms with Gasteiger partial charge in [0.1, 0.15) is 5.82 Å². The van der Waals surface area contributed by atoms with Crippen molar-refractivity contribution in [1.29, 1.82) is 0 Å². The summed E-state index contributed by atoms with van der Waals surface area (Å²) in [5.41, 5.74) is 0. The van der Waals surface area contributed by atoms with Gasteiger partial charge in [0, 0.05) is 57.5 Å². The first-order valence-corrected chi connectivity index (χ1v) is 8.83. The van der Waals surface area contributed by atoms with Gasteiger partial charge in [0.15, 0.2) is 0 Å². The lowest BCUT2D eigenvalue weighted by Crippen LogP contribution is -2.51. The smallest absolute Gasteiger partial charge is 0.317 e. The fourth-order valence-electron chi connectivity index (χ4n) is 3.81. The van der Waals surface area contributed by atoms with Crippen LogP contribution in [-0.4, -0.2) is 51.6 Å². The quantitative estimate of drug-likeness (QED) is 0.875. The van der Waals surface area contributed by atoms with E-state index in [4.69, 9.17) is 0 Å². The summed E-state index contributed by atoms with van der Waals surface area (Å²) in [4.78, 5) is 29.9. The van der Waals surface area contributed by atoms with Crippen LogP contribution in [0.25, 0.3) is 0 Å². The Morgan fingerprint density at radius 3 is 2.62 bits per heavy atom. The number of carbonyl (C=O) groups is 2. The number of nitrogens with zero attached hydrogens (tertiary/aromatic N) is 3. The SMILES string of the molecule is CC(=O)NC1CCC(N(C)C(=O)NC2CCn3ccnc3C2)CC1. The minimum atomic E-state index is 0.00276. The third kappa shape index (κ3) is 3.88. The predicted octanol–water partition coefficient (Wildman–Crippen LogP) is 1.29. The van der Waals surface area contributed by atoms with Crippen LogP contribution in [0.3, 0.4) is 0 Å². The number of nitrogens with one attached hydrogen (secondary N) is 2. The van der Waals surface area contributed by atoms with Gasteiger partial charge in [-0.05, 0) is 32.1 Å². The van der Waals surface area contributed by atoms with Crippen molar-refractivity contribution in [1.82, 2.24) is 25.1 Å². The highest BCUT2D eigenvalue weighted by molar-refractivity contribution is 5.74. The standard InChI is InChI=1S/C17H27N5O2/c1-12(23)19-13-3-5-15(6-4-13)21(2)17(24)20-14-7-9-22-10-8-18-16(22)11-14/h8,10,13-15H,3-7,9,11H2,1-2H3,(H,19,23)(H,20,24). The first kappa shape index (κ1) is 16.8. The van der Waals surface area contributed by atoms with Crippen molar-refractivity contribution in [2.75, 3.05) is 7.05 Å². The van der Waals surface area contributed by atoms with Gasteiger partial charge in [-0.2, -0.15) is 0 Å². The molecule has 1 unspecified atom stereocenters. The third-order valence-electron chi connectivity index (χ3n) is 5.25. The predicted molar refractivity (Wildman–Crippen MR) is 90.5 cm³/mol. The maximum absolute atomic E-state index is 12.5. The second-order valence-electron chi connectivity index (χ2n) is 6.99. The molecule has 2 heterocycles. The van der Waals surface area contributed by atoms with E-state index < -0.39 is 0 Å². The summed E-state index contributed by atoms with van der Waals surface area (Å²) in [6.07, 6.45) is 9.28. The summed E-state index contributed by atoms with van der Waals surface area (Å²) in [5.74, 6) is 1.07. The Labute approximate surface area is 142 Å². The zero-order valence-electron chi connectivity index (χ0n) is 14.5. The molecule has 1 aliphatic heterocycles. The van der Waals surface area contributed by atoms with Gasteiger partial charge in [-0.3, -0.25) is 4.79 Å². The fourth-order valence-corrected chi connectivity index (χ4v) is 3.81. The molecule has 132 valence electrons. The van der Waals surface area contributed by atoms with Crippen molar-refractivity contribution in [2.45, 2.75) is 70.1 Å². The number of hydrogen-bond donors (Lipinski definition) is 2. The number of fused-ring (bicyclic) bond motifs is 1. The molecule has 7 nitrogen and oxygen atoms in total. The van der Waals surface area contributed by atoms with E-state index in [1.807, 2.05) is 24.3 Å². The molecule has 1 fully saturated rings. The number of amides is 3. The zero-order chi connectivity index (χ0) is 17.1. The van der Waals surface area contributed by atoms with E-state index in [0.29, 0.717) is 0 Å². The Morgan fingerprint density at radius 1 is 1.17 bits per heavy atom. The topological polar surface area (TPSA) is 79.3 Å². The maximum atomic E-state index is 12.5. The molecule has 0 spiro atoms. The number of aromatic nitrogens is 2. The van der Waals surface area contributed by atoms with Crippen LogP contribution in [-0.2, 0) is 17.8 Å². The Balaban J connectivity index is 1.46. The van der Waals surface area contributed by atoms with Gasteiger partial charge in [-0.25, -0.2) is 9.78 Å². The lowest BCUT2D eigenvalue weighted by Gasteiger charge is -2.36. The highest BCUT2D eigenvalue weighted by Gasteiger charge is 2.28. The van der Waals surface area contributed by atoms with Crippen LogP contribution in [0.5, 0.6) is 0 Å². The molecule has 1 aromatic heterocycles. The van der Waals surface area contributed by atoms with Gasteiger partial charge in [0.2, 0.25) is 5.91 Å². The van der Waals surface area contributed by atoms with E-state index in [2.05, 4.69) is 20.2 Å². The molecule has 0 radical (unpaired) electrons. The zero-order valence-corrected chi connectivity index (χ0v) is 14.5. The fraction of sp³-hybridized carbons (Fsp3) is 0.706. The molecule has 2 aliphatic rings. The number of carbonyl (C=O) groups excluding carboxylic acids is 2. The van der Waals surface area contributed by atoms with Gasteiger partial charge in [-0.1, -0.05) is 0 Å². The molecule has 2 N–H and O–H groups in total. The van der Waals surface area contributed by atoms with Gasteiger partial charge in [0.25, 0.3) is 0 Å². The van der Waals surface area contributed by atoms with Crippen LogP contribution >= 0.6 is 0 Å². The second-order valence-corrected chi connectivity index (χ2v) is 6.99. The molecule has 1 aromatic rings. The molecular formula is C17H27N5O2. The Kier molecular flexibility index (Phi) is 5.06. The minimum Gasteiger partial charge on any atom is -0.354 e. The van der Waals surface area contributed by atoms with E-state index in [9.17, 15) is 9.59 Å². The molecule has 1 atom stereocenters. The van der Waals surface area contributed by atoms with Gasteiger partial charge >= 0.3 is 6.03 Å². The Bertz CT molecular complexity index is 592. The largest absolute Gasteiger partial charge is 0.354 e. The summed E-state index contributed by atoms with van der Waals surface area (Å²) in [6, 6.07) is 0.668. The van der Waals surface area contributed by atoms with Crippen molar-refractivity contribution in [3.63, 3.8) is 0 Å². The molecule has 3 rings (SSSR count). The van der Waals surface area contributed by atoms with E-state index in [-0.39, 0.29) is 30.1 Å². The van der Waals surface area contributed by atoms with Crippen molar-refractivity contribution >= 4 is 11.9 Å². The van der Waals surface area contributed by atoms with Crippen molar-refractivity contribution in [3.8, 4) is 0 Å². The van der Waals surface area contributed by atoms with Crippen molar-refractivity contribution < 1.29 is 9.59 Å². The van der Waals surface area contributed by atoms with Crippen molar-refractivity contribution in [3.05, 3.63) is 18.2 Å². The van der Waals surface area contributed by atoms with Crippen LogP contribution < -0.4 is 10.6 Å². The van der Waals surface area contributed by atoms with Crippen LogP contribution in [0.2, 0.25) is 0 Å². The number of hydrogen-bond acceptors (Lipinski definition) is 3. The highest BCUT2D eigenvalue weighted by atomic mass is 16.2. The second kappa shape index (κ2) is 7.23. The van der Waals surface area contributed by atoms with Crippen molar-refractivity contribution in [2.24, 2.45) is 0 Å². The number of rotatable bonds is 3. The Morgan fingerprint density at radius 2 is 1.92 bits per heavy atom. The van der Waals surface area contributed by atoms with Crippen LogP contribution in [0.1, 0.15) is 44.9 Å². The van der Waals surface area contributed by atoms with Crippen LogP contribution in [0.15, 0.2) is 12.4 Å². The normalized spacial score (nSPS) is 26.3. The first-order valence-electron chi connectivity index (χ1n) is 8.83. The molecule has 7 heteroatoms. The molecule has 1 saturated carbocycles. The minimum absolute atomic E-state index is 0.00276. The molecule has 0 aromatic carbocycles. The molecule has 0 bridgehead atoms. The van der Waals surface area contributed by atoms with Gasteiger partial charge in [0.05, 0.1) is 0 Å². The summed E-state index contributed by atoms with van der Waals surface area (Å²) >= 11 is 0. The van der Waals surface area contributed by atoms with Gasteiger partial charge in [-0.15, -0.1) is 0 Å². The van der Waals surface area contributed by atoms with E-state index in [1.165, 1.54) is 0 Å². The number of urea groups is 1. The van der Waals surface area contributed by atoms with Crippen LogP contribution in [0, 0.1) is 0 Å².